The molecule has 112 valence electrons. The number of benzene rings is 1. The van der Waals surface area contributed by atoms with Crippen molar-refractivity contribution in [2.24, 2.45) is 5.14 Å². The molecule has 0 aromatic heterocycles. The predicted molar refractivity (Wildman–Crippen MR) is 71.4 cm³/mol. The first kappa shape index (κ1) is 16.4. The number of hydrogen-bond acceptors (Lipinski definition) is 5. The zero-order valence-corrected chi connectivity index (χ0v) is 12.0. The third kappa shape index (κ3) is 4.48. The van der Waals surface area contributed by atoms with Gasteiger partial charge in [-0.3, -0.25) is 0 Å². The molecule has 0 radical (unpaired) electrons. The van der Waals surface area contributed by atoms with E-state index in [1.165, 1.54) is 12.1 Å². The van der Waals surface area contributed by atoms with Crippen LogP contribution in [0.3, 0.4) is 0 Å². The molecular formula is C12H17NO6S. The molecule has 0 aliphatic carbocycles. The number of aromatic carboxylic acids is 1. The van der Waals surface area contributed by atoms with Gasteiger partial charge < -0.3 is 14.6 Å². The van der Waals surface area contributed by atoms with Crippen LogP contribution in [0.15, 0.2) is 23.1 Å². The third-order valence-corrected chi connectivity index (χ3v) is 3.31. The third-order valence-electron chi connectivity index (χ3n) is 2.39. The summed E-state index contributed by atoms with van der Waals surface area (Å²) in [6.07, 6.45) is -0.367. The zero-order chi connectivity index (χ0) is 15.3. The van der Waals surface area contributed by atoms with Gasteiger partial charge in [0.2, 0.25) is 10.0 Å². The summed E-state index contributed by atoms with van der Waals surface area (Å²) in [5.41, 5.74) is -0.264. The number of hydrogen-bond donors (Lipinski definition) is 2. The van der Waals surface area contributed by atoms with Crippen molar-refractivity contribution in [1.82, 2.24) is 0 Å². The lowest BCUT2D eigenvalue weighted by molar-refractivity contribution is 0.0606. The summed E-state index contributed by atoms with van der Waals surface area (Å²) in [5, 5.41) is 14.1. The number of carboxylic acid groups (broad SMARTS) is 1. The first-order valence-corrected chi connectivity index (χ1v) is 7.45. The Kier molecular flexibility index (Phi) is 5.49. The van der Waals surface area contributed by atoms with Crippen molar-refractivity contribution in [2.45, 2.75) is 24.8 Å². The maximum atomic E-state index is 11.2. The van der Waals surface area contributed by atoms with E-state index in [1.54, 1.807) is 6.92 Å². The van der Waals surface area contributed by atoms with E-state index in [0.29, 0.717) is 13.2 Å². The van der Waals surface area contributed by atoms with Crippen LogP contribution >= 0.6 is 0 Å². The number of carbonyl (C=O) groups is 1. The number of nitrogens with two attached hydrogens (primary N) is 1. The van der Waals surface area contributed by atoms with E-state index >= 15 is 0 Å². The molecule has 20 heavy (non-hydrogen) atoms. The molecular weight excluding hydrogens is 286 g/mol. The van der Waals surface area contributed by atoms with Gasteiger partial charge in [-0.05, 0) is 32.0 Å². The largest absolute Gasteiger partial charge is 0.487 e. The topological polar surface area (TPSA) is 116 Å². The van der Waals surface area contributed by atoms with Crippen molar-refractivity contribution in [1.29, 1.82) is 0 Å². The zero-order valence-electron chi connectivity index (χ0n) is 11.2. The van der Waals surface area contributed by atoms with E-state index in [0.717, 1.165) is 6.07 Å². The number of carboxylic acids is 1. The van der Waals surface area contributed by atoms with Crippen molar-refractivity contribution in [2.75, 3.05) is 13.2 Å². The van der Waals surface area contributed by atoms with Crippen molar-refractivity contribution in [3.05, 3.63) is 23.8 Å². The highest BCUT2D eigenvalue weighted by Gasteiger charge is 2.18. The van der Waals surface area contributed by atoms with Gasteiger partial charge in [0.25, 0.3) is 0 Å². The van der Waals surface area contributed by atoms with Crippen LogP contribution in [0.25, 0.3) is 0 Å². The summed E-state index contributed by atoms with van der Waals surface area (Å²) in [7, 11) is -3.96. The van der Waals surface area contributed by atoms with Crippen LogP contribution in [0, 0.1) is 0 Å². The fraction of sp³-hybridized carbons (Fsp3) is 0.417. The molecule has 1 aromatic carbocycles. The quantitative estimate of drug-likeness (QED) is 0.771. The molecule has 0 spiro atoms. The van der Waals surface area contributed by atoms with Crippen molar-refractivity contribution >= 4 is 16.0 Å². The Morgan fingerprint density at radius 2 is 2.10 bits per heavy atom. The molecule has 3 N–H and O–H groups in total. The first-order valence-electron chi connectivity index (χ1n) is 5.90. The average molecular weight is 303 g/mol. The Hall–Kier alpha value is -1.64. The highest BCUT2D eigenvalue weighted by Crippen LogP contribution is 2.23. The minimum Gasteiger partial charge on any atom is -0.487 e. The Labute approximate surface area is 117 Å². The molecule has 0 amide bonds. The van der Waals surface area contributed by atoms with Gasteiger partial charge in [0, 0.05) is 6.61 Å². The summed E-state index contributed by atoms with van der Waals surface area (Å²) in [4.78, 5) is 10.9. The summed E-state index contributed by atoms with van der Waals surface area (Å²) in [5.74, 6) is -1.23. The maximum Gasteiger partial charge on any atom is 0.339 e. The summed E-state index contributed by atoms with van der Waals surface area (Å²) >= 11 is 0. The highest BCUT2D eigenvalue weighted by atomic mass is 32.2. The molecule has 0 aliphatic heterocycles. The molecule has 1 aromatic rings. The van der Waals surface area contributed by atoms with E-state index in [9.17, 15) is 13.2 Å². The first-order chi connectivity index (χ1) is 9.25. The van der Waals surface area contributed by atoms with Crippen molar-refractivity contribution in [3.8, 4) is 5.75 Å². The highest BCUT2D eigenvalue weighted by molar-refractivity contribution is 7.89. The van der Waals surface area contributed by atoms with Crippen molar-refractivity contribution in [3.63, 3.8) is 0 Å². The molecule has 0 heterocycles. The lowest BCUT2D eigenvalue weighted by Gasteiger charge is -2.16. The summed E-state index contributed by atoms with van der Waals surface area (Å²) in [6, 6.07) is 3.44. The fourth-order valence-corrected chi connectivity index (χ4v) is 2.03. The van der Waals surface area contributed by atoms with Gasteiger partial charge in [-0.1, -0.05) is 0 Å². The van der Waals surface area contributed by atoms with Crippen LogP contribution < -0.4 is 9.88 Å². The van der Waals surface area contributed by atoms with Crippen molar-refractivity contribution < 1.29 is 27.8 Å². The van der Waals surface area contributed by atoms with Gasteiger partial charge in [0.1, 0.15) is 17.4 Å². The van der Waals surface area contributed by atoms with Gasteiger partial charge >= 0.3 is 5.97 Å². The monoisotopic (exact) mass is 303 g/mol. The van der Waals surface area contributed by atoms with E-state index in [1.807, 2.05) is 6.92 Å². The van der Waals surface area contributed by atoms with Crippen LogP contribution in [0.1, 0.15) is 24.2 Å². The van der Waals surface area contributed by atoms with Crippen LogP contribution in [-0.4, -0.2) is 38.8 Å². The van der Waals surface area contributed by atoms with E-state index in [2.05, 4.69) is 0 Å². The van der Waals surface area contributed by atoms with Crippen LogP contribution in [0.5, 0.6) is 5.75 Å². The molecule has 1 atom stereocenters. The normalized spacial score (nSPS) is 12.9. The fourth-order valence-electron chi connectivity index (χ4n) is 1.49. The minimum atomic E-state index is -3.96. The second-order valence-electron chi connectivity index (χ2n) is 4.10. The predicted octanol–water partition coefficient (Wildman–Crippen LogP) is 0.836. The Balaban J connectivity index is 3.05. The Morgan fingerprint density at radius 3 is 2.60 bits per heavy atom. The second-order valence-corrected chi connectivity index (χ2v) is 5.66. The lowest BCUT2D eigenvalue weighted by Crippen LogP contribution is -2.21. The standard InChI is InChI=1S/C12H17NO6S/c1-3-18-7-8(2)19-11-5-4-9(20(13,16)17)6-10(11)12(14)15/h4-6,8H,3,7H2,1-2H3,(H,14,15)(H2,13,16,17). The molecule has 1 rings (SSSR count). The molecule has 0 aliphatic rings. The number of primary sulfonamides is 1. The average Bonchev–Trinajstić information content (AvgIpc) is 2.35. The molecule has 0 saturated carbocycles. The van der Waals surface area contributed by atoms with Crippen LogP contribution in [-0.2, 0) is 14.8 Å². The summed E-state index contributed by atoms with van der Waals surface area (Å²) < 4.78 is 33.0. The second kappa shape index (κ2) is 6.69. The van der Waals surface area contributed by atoms with Gasteiger partial charge in [0.05, 0.1) is 11.5 Å². The number of ether oxygens (including phenoxy) is 2. The maximum absolute atomic E-state index is 11.2. The number of sulfonamides is 1. The van der Waals surface area contributed by atoms with E-state index < -0.39 is 16.0 Å². The molecule has 7 nitrogen and oxygen atoms in total. The van der Waals surface area contributed by atoms with Gasteiger partial charge in [-0.15, -0.1) is 0 Å². The Morgan fingerprint density at radius 1 is 1.45 bits per heavy atom. The van der Waals surface area contributed by atoms with Gasteiger partial charge in [-0.25, -0.2) is 18.4 Å². The van der Waals surface area contributed by atoms with E-state index in [-0.39, 0.29) is 22.3 Å². The van der Waals surface area contributed by atoms with Crippen LogP contribution in [0.2, 0.25) is 0 Å². The Bertz CT molecular complexity index is 584. The SMILES string of the molecule is CCOCC(C)Oc1ccc(S(N)(=O)=O)cc1C(=O)O. The van der Waals surface area contributed by atoms with Crippen LogP contribution in [0.4, 0.5) is 0 Å². The smallest absolute Gasteiger partial charge is 0.339 e. The van der Waals surface area contributed by atoms with Gasteiger partial charge in [-0.2, -0.15) is 0 Å². The summed E-state index contributed by atoms with van der Waals surface area (Å²) in [6.45, 7) is 4.36. The molecule has 0 saturated heterocycles. The molecule has 8 heteroatoms. The minimum absolute atomic E-state index is 0.0668. The van der Waals surface area contributed by atoms with E-state index in [4.69, 9.17) is 19.7 Å². The number of rotatable bonds is 7. The lowest BCUT2D eigenvalue weighted by atomic mass is 10.2. The molecule has 0 bridgehead atoms. The van der Waals surface area contributed by atoms with Gasteiger partial charge in [0.15, 0.2) is 0 Å². The molecule has 1 unspecified atom stereocenters. The molecule has 0 fully saturated rings.